The summed E-state index contributed by atoms with van der Waals surface area (Å²) in [6.45, 7) is -0.177. The first-order valence-corrected chi connectivity index (χ1v) is 9.22. The summed E-state index contributed by atoms with van der Waals surface area (Å²) in [5, 5.41) is 11.7. The number of thiazole rings is 1. The molecule has 11 heteroatoms. The van der Waals surface area contributed by atoms with Crippen LogP contribution in [0.4, 0.5) is 0 Å². The molecule has 118 valence electrons. The van der Waals surface area contributed by atoms with E-state index in [0.717, 1.165) is 11.8 Å². The van der Waals surface area contributed by atoms with Gasteiger partial charge in [0.25, 0.3) is 15.4 Å². The summed E-state index contributed by atoms with van der Waals surface area (Å²) in [6.07, 6.45) is 1.55. The van der Waals surface area contributed by atoms with E-state index < -0.39 is 20.3 Å². The molecule has 1 aromatic heterocycles. The molecule has 1 aromatic carbocycles. The molecule has 0 aliphatic carbocycles. The Hall–Kier alpha value is -1.53. The van der Waals surface area contributed by atoms with Gasteiger partial charge in [-0.05, 0) is 23.9 Å². The lowest BCUT2D eigenvalue weighted by molar-refractivity contribution is -0.493. The molecular weight excluding hydrogens is 348 g/mol. The maximum absolute atomic E-state index is 11.9. The Morgan fingerprint density at radius 2 is 2.09 bits per heavy atom. The highest BCUT2D eigenvalue weighted by Crippen LogP contribution is 2.25. The van der Waals surface area contributed by atoms with Crippen molar-refractivity contribution in [3.8, 4) is 0 Å². The number of hydrogen-bond acceptors (Lipinski definition) is 8. The minimum absolute atomic E-state index is 0.0766. The molecule has 0 saturated carbocycles. The van der Waals surface area contributed by atoms with Crippen molar-refractivity contribution in [1.29, 1.82) is 0 Å². The lowest BCUT2D eigenvalue weighted by Gasteiger charge is -2.10. The highest BCUT2D eigenvalue weighted by molar-refractivity contribution is 8.01. The first-order chi connectivity index (χ1) is 10.5. The Morgan fingerprint density at radius 1 is 1.36 bits per heavy atom. The standard InChI is InChI=1S/C11H12N4O4S3/c16-15(17)10(21-11-12-6-7-20-11)8-13-14-22(18,19)9-4-2-1-3-5-9/h1-7,10,13-14H,8H2. The lowest BCUT2D eigenvalue weighted by atomic mass is 10.4. The van der Waals surface area contributed by atoms with Gasteiger partial charge >= 0.3 is 0 Å². The van der Waals surface area contributed by atoms with Crippen molar-refractivity contribution in [2.45, 2.75) is 14.6 Å². The number of nitrogens with zero attached hydrogens (tertiary/aromatic N) is 2. The van der Waals surface area contributed by atoms with Gasteiger partial charge in [-0.3, -0.25) is 10.1 Å². The van der Waals surface area contributed by atoms with Crippen LogP contribution in [0.5, 0.6) is 0 Å². The zero-order chi connectivity index (χ0) is 16.0. The molecule has 0 fully saturated rings. The van der Waals surface area contributed by atoms with Gasteiger partial charge < -0.3 is 0 Å². The van der Waals surface area contributed by atoms with Crippen molar-refractivity contribution in [1.82, 2.24) is 15.2 Å². The fourth-order valence-corrected chi connectivity index (χ4v) is 4.02. The van der Waals surface area contributed by atoms with E-state index in [2.05, 4.69) is 15.2 Å². The van der Waals surface area contributed by atoms with E-state index in [4.69, 9.17) is 0 Å². The van der Waals surface area contributed by atoms with Crippen molar-refractivity contribution >= 4 is 33.1 Å². The smallest absolute Gasteiger partial charge is 0.263 e. The van der Waals surface area contributed by atoms with Gasteiger partial charge in [-0.2, -0.15) is 0 Å². The van der Waals surface area contributed by atoms with Crippen molar-refractivity contribution < 1.29 is 13.3 Å². The van der Waals surface area contributed by atoms with Gasteiger partial charge in [-0.1, -0.05) is 18.2 Å². The zero-order valence-electron chi connectivity index (χ0n) is 11.1. The van der Waals surface area contributed by atoms with Crippen LogP contribution < -0.4 is 10.3 Å². The predicted molar refractivity (Wildman–Crippen MR) is 83.5 cm³/mol. The molecule has 0 aliphatic rings. The number of benzene rings is 1. The average molecular weight is 360 g/mol. The number of nitro groups is 1. The van der Waals surface area contributed by atoms with E-state index in [1.165, 1.54) is 23.5 Å². The van der Waals surface area contributed by atoms with Crippen molar-refractivity contribution in [2.75, 3.05) is 6.54 Å². The summed E-state index contributed by atoms with van der Waals surface area (Å²) in [7, 11) is -3.75. The van der Waals surface area contributed by atoms with Crippen molar-refractivity contribution in [3.05, 3.63) is 52.0 Å². The SMILES string of the molecule is O=[N+]([O-])C(CNNS(=O)(=O)c1ccccc1)Sc1nccs1. The summed E-state index contributed by atoms with van der Waals surface area (Å²) >= 11 is 2.25. The van der Waals surface area contributed by atoms with Gasteiger partial charge in [0, 0.05) is 16.5 Å². The van der Waals surface area contributed by atoms with Crippen LogP contribution in [0.1, 0.15) is 0 Å². The molecule has 0 saturated heterocycles. The average Bonchev–Trinajstić information content (AvgIpc) is 3.00. The molecule has 0 radical (unpaired) electrons. The highest BCUT2D eigenvalue weighted by Gasteiger charge is 2.24. The largest absolute Gasteiger partial charge is 0.278 e. The summed E-state index contributed by atoms with van der Waals surface area (Å²) in [6, 6.07) is 7.73. The number of thioether (sulfide) groups is 1. The molecule has 8 nitrogen and oxygen atoms in total. The summed E-state index contributed by atoms with van der Waals surface area (Å²) in [4.78, 5) is 16.7. The quantitative estimate of drug-likeness (QED) is 0.316. The van der Waals surface area contributed by atoms with Gasteiger partial charge in [0.05, 0.1) is 11.4 Å². The van der Waals surface area contributed by atoms with E-state index in [0.29, 0.717) is 4.34 Å². The van der Waals surface area contributed by atoms with Crippen LogP contribution in [0.15, 0.2) is 51.1 Å². The molecule has 0 aliphatic heterocycles. The van der Waals surface area contributed by atoms with E-state index in [-0.39, 0.29) is 11.4 Å². The molecule has 1 atom stereocenters. The summed E-state index contributed by atoms with van der Waals surface area (Å²) in [5.41, 5.74) is 2.39. The Kier molecular flexibility index (Phi) is 5.85. The van der Waals surface area contributed by atoms with Crippen molar-refractivity contribution in [3.63, 3.8) is 0 Å². The fourth-order valence-electron chi connectivity index (χ4n) is 1.43. The second kappa shape index (κ2) is 7.65. The van der Waals surface area contributed by atoms with Crippen LogP contribution >= 0.6 is 23.1 Å². The van der Waals surface area contributed by atoms with Gasteiger partial charge in [0.15, 0.2) is 4.34 Å². The monoisotopic (exact) mass is 360 g/mol. The number of rotatable bonds is 8. The molecule has 2 aromatic rings. The van der Waals surface area contributed by atoms with Gasteiger partial charge in [0.2, 0.25) is 0 Å². The molecular formula is C11H12N4O4S3. The molecule has 0 amide bonds. The summed E-state index contributed by atoms with van der Waals surface area (Å²) in [5.74, 6) is 0. The van der Waals surface area contributed by atoms with Crippen LogP contribution in [0.3, 0.4) is 0 Å². The highest BCUT2D eigenvalue weighted by atomic mass is 32.2. The summed E-state index contributed by atoms with van der Waals surface area (Å²) < 4.78 is 24.4. The van der Waals surface area contributed by atoms with E-state index >= 15 is 0 Å². The number of sulfonamides is 1. The Bertz CT molecular complexity index is 706. The van der Waals surface area contributed by atoms with E-state index in [9.17, 15) is 18.5 Å². The normalized spacial score (nSPS) is 12.9. The number of aromatic nitrogens is 1. The number of hydrazine groups is 1. The van der Waals surface area contributed by atoms with Gasteiger partial charge in [-0.25, -0.2) is 18.8 Å². The van der Waals surface area contributed by atoms with Crippen LogP contribution in [-0.4, -0.2) is 30.2 Å². The second-order valence-electron chi connectivity index (χ2n) is 3.96. The molecule has 0 spiro atoms. The van der Waals surface area contributed by atoms with Crippen molar-refractivity contribution in [2.24, 2.45) is 0 Å². The predicted octanol–water partition coefficient (Wildman–Crippen LogP) is 1.32. The molecule has 2 rings (SSSR count). The number of nitrogens with one attached hydrogen (secondary N) is 2. The Balaban J connectivity index is 1.92. The third kappa shape index (κ3) is 4.74. The molecule has 0 bridgehead atoms. The molecule has 2 N–H and O–H groups in total. The van der Waals surface area contributed by atoms with Crippen LogP contribution in [0.25, 0.3) is 0 Å². The third-order valence-electron chi connectivity index (χ3n) is 2.42. The minimum Gasteiger partial charge on any atom is -0.263 e. The maximum atomic E-state index is 11.9. The van der Waals surface area contributed by atoms with Crippen LogP contribution in [-0.2, 0) is 10.0 Å². The fraction of sp³-hybridized carbons (Fsp3) is 0.182. The first-order valence-electron chi connectivity index (χ1n) is 5.98. The lowest BCUT2D eigenvalue weighted by Crippen LogP contribution is -2.42. The topological polar surface area (TPSA) is 114 Å². The molecule has 22 heavy (non-hydrogen) atoms. The Morgan fingerprint density at radius 3 is 2.68 bits per heavy atom. The Labute approximate surface area is 135 Å². The van der Waals surface area contributed by atoms with E-state index in [1.807, 2.05) is 0 Å². The number of hydrogen-bond donors (Lipinski definition) is 2. The molecule has 1 unspecified atom stereocenters. The van der Waals surface area contributed by atoms with E-state index in [1.54, 1.807) is 29.8 Å². The third-order valence-corrected chi connectivity index (χ3v) is 5.78. The van der Waals surface area contributed by atoms with Crippen LogP contribution in [0.2, 0.25) is 0 Å². The van der Waals surface area contributed by atoms with Crippen LogP contribution in [0, 0.1) is 10.1 Å². The molecule has 1 heterocycles. The maximum Gasteiger partial charge on any atom is 0.278 e. The van der Waals surface area contributed by atoms with Gasteiger partial charge in [-0.15, -0.1) is 16.2 Å². The first kappa shape index (κ1) is 16.8. The van der Waals surface area contributed by atoms with Gasteiger partial charge in [0.1, 0.15) is 0 Å². The zero-order valence-corrected chi connectivity index (χ0v) is 13.5. The second-order valence-corrected chi connectivity index (χ2v) is 7.96. The minimum atomic E-state index is -3.75.